The minimum Gasteiger partial charge on any atom is -0.335 e. The first-order valence-electron chi connectivity index (χ1n) is 11.3. The maximum absolute atomic E-state index is 12.7. The number of urea groups is 1. The molecule has 166 valence electrons. The Morgan fingerprint density at radius 2 is 1.48 bits per heavy atom. The van der Waals surface area contributed by atoms with Crippen molar-refractivity contribution in [2.75, 3.05) is 18.4 Å². The summed E-state index contributed by atoms with van der Waals surface area (Å²) in [6, 6.07) is 23.8. The first kappa shape index (κ1) is 21.0. The summed E-state index contributed by atoms with van der Waals surface area (Å²) in [5, 5.41) is 3.01. The number of anilines is 1. The van der Waals surface area contributed by atoms with Crippen LogP contribution in [0, 0.1) is 6.92 Å². The predicted octanol–water partition coefficient (Wildman–Crippen LogP) is 5.47. The molecular formula is C28H27N3O2. The van der Waals surface area contributed by atoms with Gasteiger partial charge in [0, 0.05) is 37.4 Å². The van der Waals surface area contributed by atoms with Crippen molar-refractivity contribution in [3.05, 3.63) is 107 Å². The standard InChI is InChI=1S/C28H27N3O2/c1-20-6-8-23(9-7-20)27(32)30-16-14-22(15-17-30)21-10-12-26(13-11-21)29-28(33)31-18-24-4-2-3-5-25(24)19-31/h2-14H,15-19H2,1H3,(H,29,33). The molecule has 0 unspecified atom stereocenters. The zero-order chi connectivity index (χ0) is 22.8. The van der Waals surface area contributed by atoms with Gasteiger partial charge >= 0.3 is 6.03 Å². The van der Waals surface area contributed by atoms with Gasteiger partial charge in [-0.1, -0.05) is 60.2 Å². The molecule has 0 saturated carbocycles. The van der Waals surface area contributed by atoms with E-state index in [0.29, 0.717) is 26.2 Å². The van der Waals surface area contributed by atoms with Crippen molar-refractivity contribution in [3.63, 3.8) is 0 Å². The maximum Gasteiger partial charge on any atom is 0.322 e. The van der Waals surface area contributed by atoms with Crippen LogP contribution >= 0.6 is 0 Å². The quantitative estimate of drug-likeness (QED) is 0.591. The molecule has 3 aromatic rings. The Hall–Kier alpha value is -3.86. The third-order valence-corrected chi connectivity index (χ3v) is 6.43. The second kappa shape index (κ2) is 8.94. The maximum atomic E-state index is 12.7. The van der Waals surface area contributed by atoms with E-state index >= 15 is 0 Å². The lowest BCUT2D eigenvalue weighted by molar-refractivity contribution is 0.0773. The van der Waals surface area contributed by atoms with Crippen LogP contribution in [-0.2, 0) is 13.1 Å². The molecule has 3 aromatic carbocycles. The Kier molecular flexibility index (Phi) is 5.69. The molecule has 0 atom stereocenters. The average molecular weight is 438 g/mol. The molecule has 33 heavy (non-hydrogen) atoms. The number of hydrogen-bond acceptors (Lipinski definition) is 2. The highest BCUT2D eigenvalue weighted by Crippen LogP contribution is 2.26. The summed E-state index contributed by atoms with van der Waals surface area (Å²) in [5.74, 6) is 0.0763. The summed E-state index contributed by atoms with van der Waals surface area (Å²) in [5.41, 5.74) is 7.45. The molecule has 0 bridgehead atoms. The van der Waals surface area contributed by atoms with Crippen LogP contribution in [0.3, 0.4) is 0 Å². The summed E-state index contributed by atoms with van der Waals surface area (Å²) >= 11 is 0. The number of amides is 3. The van der Waals surface area contributed by atoms with Crippen molar-refractivity contribution in [1.29, 1.82) is 0 Å². The van der Waals surface area contributed by atoms with E-state index in [4.69, 9.17) is 0 Å². The fraction of sp³-hybridized carbons (Fsp3) is 0.214. The summed E-state index contributed by atoms with van der Waals surface area (Å²) < 4.78 is 0. The van der Waals surface area contributed by atoms with Gasteiger partial charge in [0.25, 0.3) is 5.91 Å². The molecular weight excluding hydrogens is 410 g/mol. The van der Waals surface area contributed by atoms with Crippen molar-refractivity contribution >= 4 is 23.2 Å². The van der Waals surface area contributed by atoms with Gasteiger partial charge in [-0.25, -0.2) is 4.79 Å². The predicted molar refractivity (Wildman–Crippen MR) is 131 cm³/mol. The van der Waals surface area contributed by atoms with E-state index in [2.05, 4.69) is 23.5 Å². The number of aryl methyl sites for hydroxylation is 1. The van der Waals surface area contributed by atoms with E-state index in [1.807, 2.05) is 77.4 Å². The lowest BCUT2D eigenvalue weighted by Crippen LogP contribution is -2.34. The van der Waals surface area contributed by atoms with Crippen LogP contribution in [0.25, 0.3) is 5.57 Å². The number of fused-ring (bicyclic) bond motifs is 1. The molecule has 2 heterocycles. The monoisotopic (exact) mass is 437 g/mol. The highest BCUT2D eigenvalue weighted by atomic mass is 16.2. The van der Waals surface area contributed by atoms with Crippen molar-refractivity contribution in [3.8, 4) is 0 Å². The molecule has 1 N–H and O–H groups in total. The van der Waals surface area contributed by atoms with E-state index < -0.39 is 0 Å². The topological polar surface area (TPSA) is 52.7 Å². The zero-order valence-corrected chi connectivity index (χ0v) is 18.8. The molecule has 0 aromatic heterocycles. The van der Waals surface area contributed by atoms with E-state index in [1.54, 1.807) is 0 Å². The van der Waals surface area contributed by atoms with E-state index in [-0.39, 0.29) is 11.9 Å². The fourth-order valence-electron chi connectivity index (χ4n) is 4.44. The largest absolute Gasteiger partial charge is 0.335 e. The highest BCUT2D eigenvalue weighted by molar-refractivity contribution is 5.95. The van der Waals surface area contributed by atoms with Gasteiger partial charge in [-0.15, -0.1) is 0 Å². The number of rotatable bonds is 3. The second-order valence-electron chi connectivity index (χ2n) is 8.73. The van der Waals surface area contributed by atoms with Crippen LogP contribution in [0.15, 0.2) is 78.9 Å². The molecule has 0 fully saturated rings. The first-order valence-corrected chi connectivity index (χ1v) is 11.3. The van der Waals surface area contributed by atoms with Crippen LogP contribution < -0.4 is 5.32 Å². The number of hydrogen-bond donors (Lipinski definition) is 1. The van der Waals surface area contributed by atoms with E-state index in [0.717, 1.165) is 28.8 Å². The lowest BCUT2D eigenvalue weighted by Gasteiger charge is -2.27. The third-order valence-electron chi connectivity index (χ3n) is 6.43. The van der Waals surface area contributed by atoms with Crippen molar-refractivity contribution < 1.29 is 9.59 Å². The van der Waals surface area contributed by atoms with E-state index in [9.17, 15) is 9.59 Å². The van der Waals surface area contributed by atoms with Crippen LogP contribution in [-0.4, -0.2) is 34.8 Å². The third kappa shape index (κ3) is 4.53. The van der Waals surface area contributed by atoms with Crippen LogP contribution in [0.5, 0.6) is 0 Å². The van der Waals surface area contributed by atoms with Gasteiger partial charge in [0.1, 0.15) is 0 Å². The fourth-order valence-corrected chi connectivity index (χ4v) is 4.44. The van der Waals surface area contributed by atoms with Crippen molar-refractivity contribution in [2.45, 2.75) is 26.4 Å². The Labute approximate surface area is 194 Å². The zero-order valence-electron chi connectivity index (χ0n) is 18.8. The first-order chi connectivity index (χ1) is 16.1. The Morgan fingerprint density at radius 3 is 2.09 bits per heavy atom. The van der Waals surface area contributed by atoms with Gasteiger partial charge in [0.05, 0.1) is 0 Å². The minimum atomic E-state index is -0.0823. The number of nitrogens with one attached hydrogen (secondary N) is 1. The number of carbonyl (C=O) groups excluding carboxylic acids is 2. The Balaban J connectivity index is 1.18. The Bertz CT molecular complexity index is 1190. The van der Waals surface area contributed by atoms with Crippen LogP contribution in [0.2, 0.25) is 0 Å². The smallest absolute Gasteiger partial charge is 0.322 e. The summed E-state index contributed by atoms with van der Waals surface area (Å²) in [6.07, 6.45) is 2.94. The normalized spacial score (nSPS) is 15.1. The number of carbonyl (C=O) groups is 2. The molecule has 2 aliphatic rings. The summed E-state index contributed by atoms with van der Waals surface area (Å²) in [7, 11) is 0. The van der Waals surface area contributed by atoms with Gasteiger partial charge < -0.3 is 15.1 Å². The summed E-state index contributed by atoms with van der Waals surface area (Å²) in [6.45, 7) is 4.62. The summed E-state index contributed by atoms with van der Waals surface area (Å²) in [4.78, 5) is 29.1. The molecule has 0 radical (unpaired) electrons. The average Bonchev–Trinajstić information content (AvgIpc) is 3.29. The lowest BCUT2D eigenvalue weighted by atomic mass is 9.98. The van der Waals surface area contributed by atoms with Gasteiger partial charge in [0.2, 0.25) is 0 Å². The number of benzene rings is 3. The SMILES string of the molecule is Cc1ccc(C(=O)N2CC=C(c3ccc(NC(=O)N4Cc5ccccc5C4)cc3)CC2)cc1. The van der Waals surface area contributed by atoms with Gasteiger partial charge in [-0.2, -0.15) is 0 Å². The number of nitrogens with zero attached hydrogens (tertiary/aromatic N) is 2. The molecule has 0 saturated heterocycles. The highest BCUT2D eigenvalue weighted by Gasteiger charge is 2.23. The van der Waals surface area contributed by atoms with Gasteiger partial charge in [0.15, 0.2) is 0 Å². The molecule has 5 heteroatoms. The molecule has 5 nitrogen and oxygen atoms in total. The van der Waals surface area contributed by atoms with Gasteiger partial charge in [-0.05, 0) is 59.9 Å². The van der Waals surface area contributed by atoms with Crippen LogP contribution in [0.1, 0.15) is 39.0 Å². The second-order valence-corrected chi connectivity index (χ2v) is 8.73. The van der Waals surface area contributed by atoms with Gasteiger partial charge in [-0.3, -0.25) is 4.79 Å². The van der Waals surface area contributed by atoms with Crippen molar-refractivity contribution in [2.24, 2.45) is 0 Å². The molecule has 2 aliphatic heterocycles. The molecule has 0 aliphatic carbocycles. The van der Waals surface area contributed by atoms with Crippen molar-refractivity contribution in [1.82, 2.24) is 9.80 Å². The van der Waals surface area contributed by atoms with E-state index in [1.165, 1.54) is 16.7 Å². The molecule has 0 spiro atoms. The molecule has 5 rings (SSSR count). The Morgan fingerprint density at radius 1 is 0.818 bits per heavy atom. The molecule has 3 amide bonds. The minimum absolute atomic E-state index is 0.0763. The van der Waals surface area contributed by atoms with Crippen LogP contribution in [0.4, 0.5) is 10.5 Å².